The van der Waals surface area contributed by atoms with Crippen LogP contribution in [-0.2, 0) is 14.3 Å². The zero-order valence-electron chi connectivity index (χ0n) is 21.6. The van der Waals surface area contributed by atoms with Gasteiger partial charge in [-0.2, -0.15) is 0 Å². The molecule has 0 aromatic rings. The molecule has 0 unspecified atom stereocenters. The molecular weight excluding hydrogens is 464 g/mol. The summed E-state index contributed by atoms with van der Waals surface area (Å²) in [5.41, 5.74) is 3.12. The number of Topliss-reactive ketones (excluding diaryl/α,β-unsaturated/α-hetero) is 1. The Balaban J connectivity index is 2.14. The van der Waals surface area contributed by atoms with E-state index < -0.39 is 5.41 Å². The summed E-state index contributed by atoms with van der Waals surface area (Å²) >= 11 is 3.61. The van der Waals surface area contributed by atoms with Crippen LogP contribution >= 0.6 is 15.9 Å². The Morgan fingerprint density at radius 2 is 1.84 bits per heavy atom. The number of hydrogen-bond acceptors (Lipinski definition) is 3. The van der Waals surface area contributed by atoms with E-state index in [0.717, 1.165) is 17.6 Å². The van der Waals surface area contributed by atoms with E-state index in [4.69, 9.17) is 4.74 Å². The molecule has 0 N–H and O–H groups in total. The molecule has 2 aliphatic carbocycles. The number of ketones is 1. The van der Waals surface area contributed by atoms with Gasteiger partial charge in [-0.25, -0.2) is 0 Å². The fraction of sp³-hybridized carbons (Fsp3) is 0.786. The van der Waals surface area contributed by atoms with Crippen LogP contribution in [0.25, 0.3) is 0 Å². The molecule has 32 heavy (non-hydrogen) atoms. The second kappa shape index (κ2) is 11.0. The molecule has 0 saturated heterocycles. The van der Waals surface area contributed by atoms with E-state index in [-0.39, 0.29) is 18.4 Å². The molecule has 182 valence electrons. The smallest absolute Gasteiger partial charge is 0.311 e. The molecule has 3 nitrogen and oxygen atoms in total. The zero-order valence-corrected chi connectivity index (χ0v) is 23.2. The number of ether oxygens (including phenoxy) is 1. The molecule has 0 amide bonds. The monoisotopic (exact) mass is 508 g/mol. The Morgan fingerprint density at radius 1 is 1.19 bits per heavy atom. The molecule has 2 saturated carbocycles. The highest BCUT2D eigenvalue weighted by Gasteiger charge is 2.50. The molecule has 2 fully saturated rings. The summed E-state index contributed by atoms with van der Waals surface area (Å²) in [6, 6.07) is 0. The summed E-state index contributed by atoms with van der Waals surface area (Å²) < 4.78 is 5.54. The highest BCUT2D eigenvalue weighted by Crippen LogP contribution is 2.60. The first kappa shape index (κ1) is 27.3. The summed E-state index contributed by atoms with van der Waals surface area (Å²) in [5, 5.41) is 0. The van der Waals surface area contributed by atoms with Crippen LogP contribution in [0, 0.1) is 34.5 Å². The van der Waals surface area contributed by atoms with E-state index in [1.54, 1.807) is 5.57 Å². The van der Waals surface area contributed by atoms with Crippen LogP contribution in [0.1, 0.15) is 100 Å². The lowest BCUT2D eigenvalue weighted by atomic mass is 9.61. The van der Waals surface area contributed by atoms with Crippen molar-refractivity contribution < 1.29 is 14.3 Å². The van der Waals surface area contributed by atoms with Crippen LogP contribution in [0.5, 0.6) is 0 Å². The molecule has 0 spiro atoms. The third kappa shape index (κ3) is 6.36. The van der Waals surface area contributed by atoms with Crippen molar-refractivity contribution in [2.24, 2.45) is 34.5 Å². The number of carbonyl (C=O) groups excluding carboxylic acids is 2. The van der Waals surface area contributed by atoms with Gasteiger partial charge in [0, 0.05) is 6.42 Å². The van der Waals surface area contributed by atoms with E-state index in [1.165, 1.54) is 32.1 Å². The van der Waals surface area contributed by atoms with E-state index in [9.17, 15) is 9.59 Å². The van der Waals surface area contributed by atoms with Crippen molar-refractivity contribution in [3.8, 4) is 0 Å². The largest absolute Gasteiger partial charge is 0.461 e. The van der Waals surface area contributed by atoms with Crippen LogP contribution in [0.4, 0.5) is 0 Å². The molecule has 0 aliphatic heterocycles. The fourth-order valence-electron chi connectivity index (χ4n) is 6.12. The van der Waals surface area contributed by atoms with Gasteiger partial charge in [0.25, 0.3) is 0 Å². The Morgan fingerprint density at radius 3 is 2.41 bits per heavy atom. The minimum atomic E-state index is -0.534. The molecular formula is C28H45BrO3. The first-order valence-electron chi connectivity index (χ1n) is 12.5. The summed E-state index contributed by atoms with van der Waals surface area (Å²) in [5.74, 6) is 2.00. The fourth-order valence-corrected chi connectivity index (χ4v) is 6.66. The van der Waals surface area contributed by atoms with Crippen molar-refractivity contribution >= 4 is 27.7 Å². The van der Waals surface area contributed by atoms with E-state index in [2.05, 4.69) is 48.6 Å². The van der Waals surface area contributed by atoms with Crippen LogP contribution in [0.3, 0.4) is 0 Å². The van der Waals surface area contributed by atoms with Gasteiger partial charge >= 0.3 is 5.97 Å². The van der Waals surface area contributed by atoms with Crippen molar-refractivity contribution in [3.63, 3.8) is 0 Å². The minimum Gasteiger partial charge on any atom is -0.461 e. The van der Waals surface area contributed by atoms with Crippen molar-refractivity contribution in [2.75, 3.05) is 6.61 Å². The SMILES string of the molecule is CC(COC(=O)C(C)(C)C)=C(CC(C)C)C(=O)C[C@@H](C)[C@H]1CC[C@H]2C(=CBr)CCC[C@]12C. The third-order valence-electron chi connectivity index (χ3n) is 7.87. The topological polar surface area (TPSA) is 43.4 Å². The Hall–Kier alpha value is -0.900. The molecule has 0 radical (unpaired) electrons. The van der Waals surface area contributed by atoms with Gasteiger partial charge in [-0.15, -0.1) is 0 Å². The number of allylic oxidation sites excluding steroid dienone is 2. The Kier molecular flexibility index (Phi) is 9.41. The molecule has 0 bridgehead atoms. The average molecular weight is 510 g/mol. The van der Waals surface area contributed by atoms with Crippen LogP contribution in [0.15, 0.2) is 21.7 Å². The molecule has 4 heteroatoms. The molecule has 0 heterocycles. The lowest BCUT2D eigenvalue weighted by Crippen LogP contribution is -2.36. The number of fused-ring (bicyclic) bond motifs is 1. The first-order valence-corrected chi connectivity index (χ1v) is 13.4. The maximum Gasteiger partial charge on any atom is 0.311 e. The number of hydrogen-bond donors (Lipinski definition) is 0. The highest BCUT2D eigenvalue weighted by atomic mass is 79.9. The van der Waals surface area contributed by atoms with Gasteiger partial charge in [-0.05, 0) is 111 Å². The molecule has 0 aromatic carbocycles. The summed E-state index contributed by atoms with van der Waals surface area (Å²) in [7, 11) is 0. The quantitative estimate of drug-likeness (QED) is 0.246. The van der Waals surface area contributed by atoms with Crippen LogP contribution in [0.2, 0.25) is 0 Å². The Bertz CT molecular complexity index is 755. The third-order valence-corrected chi connectivity index (χ3v) is 8.46. The standard InChI is InChI=1S/C28H45BrO3/c1-18(2)14-22(20(4)17-32-26(31)27(5,6)7)25(30)15-19(3)23-11-12-24-21(16-29)10-9-13-28(23,24)8/h16,18-19,23-24H,9-15,17H2,1-8H3/t19-,23-,24+,28-/m1/s1. The highest BCUT2D eigenvalue weighted by molar-refractivity contribution is 9.11. The number of carbonyl (C=O) groups is 2. The Labute approximate surface area is 205 Å². The maximum atomic E-state index is 13.5. The predicted molar refractivity (Wildman–Crippen MR) is 137 cm³/mol. The number of halogens is 1. The van der Waals surface area contributed by atoms with Crippen LogP contribution < -0.4 is 0 Å². The average Bonchev–Trinajstić information content (AvgIpc) is 3.05. The van der Waals surface area contributed by atoms with E-state index >= 15 is 0 Å². The second-order valence-corrected chi connectivity index (χ2v) is 12.5. The van der Waals surface area contributed by atoms with Crippen molar-refractivity contribution in [1.82, 2.24) is 0 Å². The summed E-state index contributed by atoms with van der Waals surface area (Å²) in [4.78, 5) is 27.9. The molecule has 2 rings (SSSR count). The normalized spacial score (nSPS) is 29.0. The van der Waals surface area contributed by atoms with Gasteiger partial charge in [0.1, 0.15) is 6.61 Å². The van der Waals surface area contributed by atoms with Crippen molar-refractivity contribution in [3.05, 3.63) is 21.7 Å². The van der Waals surface area contributed by atoms with Gasteiger partial charge in [0.05, 0.1) is 5.41 Å². The van der Waals surface area contributed by atoms with Gasteiger partial charge in [0.15, 0.2) is 5.78 Å². The number of esters is 1. The summed E-state index contributed by atoms with van der Waals surface area (Å²) in [6.45, 7) is 16.8. The predicted octanol–water partition coefficient (Wildman–Crippen LogP) is 8.03. The molecule has 4 atom stereocenters. The van der Waals surface area contributed by atoms with Crippen LogP contribution in [-0.4, -0.2) is 18.4 Å². The van der Waals surface area contributed by atoms with Gasteiger partial charge < -0.3 is 4.74 Å². The first-order chi connectivity index (χ1) is 14.8. The van der Waals surface area contributed by atoms with Crippen molar-refractivity contribution in [1.29, 1.82) is 0 Å². The van der Waals surface area contributed by atoms with E-state index in [1.807, 2.05) is 27.7 Å². The van der Waals surface area contributed by atoms with Crippen molar-refractivity contribution in [2.45, 2.75) is 100 Å². The second-order valence-electron chi connectivity index (χ2n) is 12.1. The summed E-state index contributed by atoms with van der Waals surface area (Å²) in [6.07, 6.45) is 7.51. The van der Waals surface area contributed by atoms with E-state index in [0.29, 0.717) is 35.5 Å². The molecule has 2 aliphatic rings. The lowest BCUT2D eigenvalue weighted by Gasteiger charge is -2.44. The number of rotatable bonds is 8. The van der Waals surface area contributed by atoms with Gasteiger partial charge in [0.2, 0.25) is 0 Å². The van der Waals surface area contributed by atoms with Gasteiger partial charge in [-0.1, -0.05) is 49.2 Å². The zero-order chi connectivity index (χ0) is 24.3. The maximum absolute atomic E-state index is 13.5. The lowest BCUT2D eigenvalue weighted by molar-refractivity contribution is -0.151. The van der Waals surface area contributed by atoms with Gasteiger partial charge in [-0.3, -0.25) is 9.59 Å². The molecule has 0 aromatic heterocycles. The minimum absolute atomic E-state index is 0.209.